The van der Waals surface area contributed by atoms with Gasteiger partial charge in [0.05, 0.1) is 5.92 Å². The third kappa shape index (κ3) is 2.67. The molecule has 2 atom stereocenters. The van der Waals surface area contributed by atoms with E-state index < -0.39 is 5.97 Å². The molecule has 0 unspecified atom stereocenters. The van der Waals surface area contributed by atoms with Gasteiger partial charge in [-0.05, 0) is 56.2 Å². The Morgan fingerprint density at radius 2 is 2.00 bits per heavy atom. The van der Waals surface area contributed by atoms with Crippen LogP contribution in [0.1, 0.15) is 36.8 Å². The predicted molar refractivity (Wildman–Crippen MR) is 80.3 cm³/mol. The Morgan fingerprint density at radius 3 is 2.71 bits per heavy atom. The number of rotatable bonds is 2. The fraction of sp³-hybridized carbons (Fsp3) is 0.529. The average Bonchev–Trinajstić information content (AvgIpc) is 2.96. The van der Waals surface area contributed by atoms with Crippen molar-refractivity contribution in [1.29, 1.82) is 0 Å². The van der Waals surface area contributed by atoms with E-state index in [-0.39, 0.29) is 17.7 Å². The quantitative estimate of drug-likeness (QED) is 0.910. The van der Waals surface area contributed by atoms with E-state index in [2.05, 4.69) is 18.2 Å². The van der Waals surface area contributed by atoms with Gasteiger partial charge in [0.2, 0.25) is 5.91 Å². The monoisotopic (exact) mass is 287 g/mol. The van der Waals surface area contributed by atoms with Gasteiger partial charge in [-0.15, -0.1) is 0 Å². The van der Waals surface area contributed by atoms with Gasteiger partial charge in [-0.2, -0.15) is 0 Å². The first-order valence-electron chi connectivity index (χ1n) is 7.70. The van der Waals surface area contributed by atoms with Gasteiger partial charge < -0.3 is 10.0 Å². The molecule has 0 aromatic heterocycles. The summed E-state index contributed by atoms with van der Waals surface area (Å²) in [6, 6.07) is 6.28. The van der Waals surface area contributed by atoms with Crippen molar-refractivity contribution in [2.75, 3.05) is 11.4 Å². The summed E-state index contributed by atoms with van der Waals surface area (Å²) in [5.74, 6) is -1.12. The molecule has 1 saturated carbocycles. The Bertz CT molecular complexity index is 581. The summed E-state index contributed by atoms with van der Waals surface area (Å²) in [6.45, 7) is 2.79. The molecule has 1 N–H and O–H groups in total. The number of carboxylic acid groups (broad SMARTS) is 1. The Labute approximate surface area is 124 Å². The van der Waals surface area contributed by atoms with Crippen LogP contribution in [0.2, 0.25) is 0 Å². The zero-order valence-electron chi connectivity index (χ0n) is 12.3. The molecule has 21 heavy (non-hydrogen) atoms. The summed E-state index contributed by atoms with van der Waals surface area (Å²) >= 11 is 0. The minimum Gasteiger partial charge on any atom is -0.481 e. The Morgan fingerprint density at radius 1 is 1.24 bits per heavy atom. The number of carbonyl (C=O) groups excluding carboxylic acids is 1. The maximum Gasteiger partial charge on any atom is 0.306 e. The molecule has 0 radical (unpaired) electrons. The van der Waals surface area contributed by atoms with Crippen LogP contribution in [0.4, 0.5) is 5.69 Å². The molecule has 1 aliphatic carbocycles. The molecule has 1 amide bonds. The number of carbonyl (C=O) groups is 2. The fourth-order valence-corrected chi connectivity index (χ4v) is 3.56. The van der Waals surface area contributed by atoms with E-state index >= 15 is 0 Å². The van der Waals surface area contributed by atoms with Crippen LogP contribution in [0.5, 0.6) is 0 Å². The van der Waals surface area contributed by atoms with Crippen LogP contribution in [0, 0.1) is 18.8 Å². The van der Waals surface area contributed by atoms with Gasteiger partial charge in [0.15, 0.2) is 0 Å². The third-order valence-electron chi connectivity index (χ3n) is 4.76. The van der Waals surface area contributed by atoms with E-state index in [9.17, 15) is 9.59 Å². The fourth-order valence-electron chi connectivity index (χ4n) is 3.56. The van der Waals surface area contributed by atoms with Gasteiger partial charge in [0.1, 0.15) is 0 Å². The number of aliphatic carboxylic acids is 1. The van der Waals surface area contributed by atoms with Crippen LogP contribution in [0.25, 0.3) is 0 Å². The molecular weight excluding hydrogens is 266 g/mol. The van der Waals surface area contributed by atoms with E-state index in [1.807, 2.05) is 11.8 Å². The highest BCUT2D eigenvalue weighted by atomic mass is 16.4. The molecule has 4 nitrogen and oxygen atoms in total. The molecule has 4 heteroatoms. The smallest absolute Gasteiger partial charge is 0.306 e. The number of carboxylic acids is 1. The topological polar surface area (TPSA) is 57.6 Å². The number of nitrogens with zero attached hydrogens (tertiary/aromatic N) is 1. The number of hydrogen-bond donors (Lipinski definition) is 1. The summed E-state index contributed by atoms with van der Waals surface area (Å²) in [7, 11) is 0. The summed E-state index contributed by atoms with van der Waals surface area (Å²) in [5.41, 5.74) is 3.42. The lowest BCUT2D eigenvalue weighted by Gasteiger charge is -2.32. The summed E-state index contributed by atoms with van der Waals surface area (Å²) in [5, 5.41) is 9.09. The van der Waals surface area contributed by atoms with Crippen molar-refractivity contribution < 1.29 is 14.7 Å². The number of benzene rings is 1. The minimum absolute atomic E-state index is 0.116. The minimum atomic E-state index is -0.764. The molecule has 0 saturated heterocycles. The van der Waals surface area contributed by atoms with E-state index in [1.165, 1.54) is 5.56 Å². The van der Waals surface area contributed by atoms with Crippen molar-refractivity contribution >= 4 is 17.6 Å². The normalized spacial score (nSPS) is 24.7. The van der Waals surface area contributed by atoms with Crippen LogP contribution in [0.15, 0.2) is 18.2 Å². The molecule has 0 spiro atoms. The second-order valence-corrected chi connectivity index (χ2v) is 6.27. The van der Waals surface area contributed by atoms with Crippen LogP contribution >= 0.6 is 0 Å². The molecule has 1 heterocycles. The van der Waals surface area contributed by atoms with Crippen molar-refractivity contribution in [2.45, 2.75) is 39.0 Å². The Balaban J connectivity index is 1.81. The maximum atomic E-state index is 12.8. The number of hydrogen-bond acceptors (Lipinski definition) is 2. The lowest BCUT2D eigenvalue weighted by atomic mass is 9.97. The highest BCUT2D eigenvalue weighted by Crippen LogP contribution is 2.36. The highest BCUT2D eigenvalue weighted by Gasteiger charge is 2.37. The second-order valence-electron chi connectivity index (χ2n) is 6.27. The van der Waals surface area contributed by atoms with Gasteiger partial charge in [0.25, 0.3) is 0 Å². The van der Waals surface area contributed by atoms with Gasteiger partial charge in [-0.1, -0.05) is 12.1 Å². The van der Waals surface area contributed by atoms with Gasteiger partial charge in [-0.3, -0.25) is 9.59 Å². The molecule has 1 aliphatic heterocycles. The lowest BCUT2D eigenvalue weighted by molar-refractivity contribution is -0.141. The zero-order chi connectivity index (χ0) is 15.0. The molecule has 2 aliphatic rings. The van der Waals surface area contributed by atoms with E-state index in [4.69, 9.17) is 5.11 Å². The van der Waals surface area contributed by atoms with Crippen LogP contribution in [0.3, 0.4) is 0 Å². The Kier molecular flexibility index (Phi) is 3.70. The first-order chi connectivity index (χ1) is 10.1. The number of fused-ring (bicyclic) bond motifs is 1. The molecule has 0 bridgehead atoms. The number of amides is 1. The zero-order valence-corrected chi connectivity index (χ0v) is 12.3. The molecule has 112 valence electrons. The summed E-state index contributed by atoms with van der Waals surface area (Å²) in [4.78, 5) is 25.7. The average molecular weight is 287 g/mol. The van der Waals surface area contributed by atoms with Crippen molar-refractivity contribution in [3.63, 3.8) is 0 Å². The van der Waals surface area contributed by atoms with E-state index in [0.29, 0.717) is 19.3 Å². The first-order valence-corrected chi connectivity index (χ1v) is 7.70. The van der Waals surface area contributed by atoms with E-state index in [1.54, 1.807) is 0 Å². The van der Waals surface area contributed by atoms with Crippen LogP contribution in [-0.4, -0.2) is 23.5 Å². The Hall–Kier alpha value is -1.84. The largest absolute Gasteiger partial charge is 0.481 e. The van der Waals surface area contributed by atoms with Crippen molar-refractivity contribution in [3.8, 4) is 0 Å². The number of aryl methyl sites for hydroxylation is 2. The molecule has 1 aromatic rings. The number of anilines is 1. The molecule has 1 fully saturated rings. The first kappa shape index (κ1) is 14.1. The second kappa shape index (κ2) is 5.51. The van der Waals surface area contributed by atoms with E-state index in [0.717, 1.165) is 30.6 Å². The van der Waals surface area contributed by atoms with Crippen molar-refractivity contribution in [3.05, 3.63) is 29.3 Å². The predicted octanol–water partition coefficient (Wildman–Crippen LogP) is 2.78. The molecular formula is C17H21NO3. The SMILES string of the molecule is Cc1ccc2c(c1)N(C(=O)[C@@H]1CC[C@H](C(=O)O)C1)CCC2. The third-order valence-corrected chi connectivity index (χ3v) is 4.76. The lowest BCUT2D eigenvalue weighted by Crippen LogP contribution is -2.39. The van der Waals surface area contributed by atoms with Crippen LogP contribution in [-0.2, 0) is 16.0 Å². The van der Waals surface area contributed by atoms with Gasteiger partial charge in [-0.25, -0.2) is 0 Å². The molecule has 1 aromatic carbocycles. The highest BCUT2D eigenvalue weighted by molar-refractivity contribution is 5.96. The summed E-state index contributed by atoms with van der Waals surface area (Å²) < 4.78 is 0. The van der Waals surface area contributed by atoms with Crippen molar-refractivity contribution in [2.24, 2.45) is 11.8 Å². The van der Waals surface area contributed by atoms with Crippen LogP contribution < -0.4 is 4.90 Å². The maximum absolute atomic E-state index is 12.8. The van der Waals surface area contributed by atoms with Crippen molar-refractivity contribution in [1.82, 2.24) is 0 Å². The standard InChI is InChI=1S/C17H21NO3/c1-11-4-5-12-3-2-8-18(15(12)9-11)16(19)13-6-7-14(10-13)17(20)21/h4-5,9,13-14H,2-3,6-8,10H2,1H3,(H,20,21)/t13-,14+/m1/s1. The molecule has 3 rings (SSSR count). The van der Waals surface area contributed by atoms with Gasteiger partial charge >= 0.3 is 5.97 Å². The summed E-state index contributed by atoms with van der Waals surface area (Å²) in [6.07, 6.45) is 3.82. The van der Waals surface area contributed by atoms with Gasteiger partial charge in [0, 0.05) is 18.2 Å².